The molecule has 0 aliphatic carbocycles. The van der Waals surface area contributed by atoms with Crippen molar-refractivity contribution in [2.24, 2.45) is 0 Å². The first-order valence-electron chi connectivity index (χ1n) is 4.71. The van der Waals surface area contributed by atoms with Gasteiger partial charge in [0.15, 0.2) is 11.0 Å². The summed E-state index contributed by atoms with van der Waals surface area (Å²) in [5.74, 6) is 0.909. The van der Waals surface area contributed by atoms with Crippen LogP contribution in [0.25, 0.3) is 0 Å². The minimum absolute atomic E-state index is 0.443. The molecule has 0 radical (unpaired) electrons. The zero-order valence-corrected chi connectivity index (χ0v) is 8.83. The molecule has 0 amide bonds. The molecule has 1 saturated heterocycles. The standard InChI is InChI=1S/C9H13ClN4/c1-11-7-4-5-14(6-7)9-3-2-8(10)12-13-9/h2-3,7,11H,4-6H2,1H3. The van der Waals surface area contributed by atoms with Gasteiger partial charge in [0.25, 0.3) is 0 Å². The van der Waals surface area contributed by atoms with E-state index < -0.39 is 0 Å². The summed E-state index contributed by atoms with van der Waals surface area (Å²) in [5, 5.41) is 11.6. The summed E-state index contributed by atoms with van der Waals surface area (Å²) in [4.78, 5) is 2.21. The van der Waals surface area contributed by atoms with Gasteiger partial charge in [-0.15, -0.1) is 10.2 Å². The fourth-order valence-corrected chi connectivity index (χ4v) is 1.78. The third-order valence-electron chi connectivity index (χ3n) is 2.54. The van der Waals surface area contributed by atoms with Crippen LogP contribution in [-0.4, -0.2) is 36.4 Å². The summed E-state index contributed by atoms with van der Waals surface area (Å²) in [6.45, 7) is 2.02. The predicted molar refractivity (Wildman–Crippen MR) is 56.7 cm³/mol. The second-order valence-corrected chi connectivity index (χ2v) is 3.82. The van der Waals surface area contributed by atoms with Crippen LogP contribution in [0.3, 0.4) is 0 Å². The van der Waals surface area contributed by atoms with Crippen LogP contribution < -0.4 is 10.2 Å². The summed E-state index contributed by atoms with van der Waals surface area (Å²) in [5.41, 5.74) is 0. The largest absolute Gasteiger partial charge is 0.354 e. The van der Waals surface area contributed by atoms with E-state index in [9.17, 15) is 0 Å². The molecule has 76 valence electrons. The van der Waals surface area contributed by atoms with E-state index in [1.165, 1.54) is 0 Å². The molecule has 1 aliphatic heterocycles. The third kappa shape index (κ3) is 1.96. The van der Waals surface area contributed by atoms with E-state index in [2.05, 4.69) is 20.4 Å². The molecule has 14 heavy (non-hydrogen) atoms. The molecule has 0 aromatic carbocycles. The van der Waals surface area contributed by atoms with Crippen LogP contribution in [0.1, 0.15) is 6.42 Å². The lowest BCUT2D eigenvalue weighted by Crippen LogP contribution is -2.29. The van der Waals surface area contributed by atoms with Crippen molar-refractivity contribution in [1.29, 1.82) is 0 Å². The highest BCUT2D eigenvalue weighted by atomic mass is 35.5. The van der Waals surface area contributed by atoms with E-state index in [-0.39, 0.29) is 0 Å². The van der Waals surface area contributed by atoms with Crippen LogP contribution in [0.2, 0.25) is 5.15 Å². The number of nitrogens with zero attached hydrogens (tertiary/aromatic N) is 3. The fraction of sp³-hybridized carbons (Fsp3) is 0.556. The highest BCUT2D eigenvalue weighted by Gasteiger charge is 2.21. The van der Waals surface area contributed by atoms with Gasteiger partial charge in [-0.05, 0) is 25.6 Å². The molecule has 0 spiro atoms. The molecule has 2 rings (SSSR count). The zero-order chi connectivity index (χ0) is 9.97. The number of aromatic nitrogens is 2. The van der Waals surface area contributed by atoms with Crippen LogP contribution >= 0.6 is 11.6 Å². The molecule has 1 unspecified atom stereocenters. The maximum Gasteiger partial charge on any atom is 0.151 e. The van der Waals surface area contributed by atoms with Crippen molar-refractivity contribution in [2.75, 3.05) is 25.0 Å². The molecule has 1 aliphatic rings. The Morgan fingerprint density at radius 2 is 2.36 bits per heavy atom. The van der Waals surface area contributed by atoms with E-state index in [4.69, 9.17) is 11.6 Å². The van der Waals surface area contributed by atoms with Crippen LogP contribution in [0.4, 0.5) is 5.82 Å². The predicted octanol–water partition coefficient (Wildman–Crippen LogP) is 0.928. The second-order valence-electron chi connectivity index (χ2n) is 3.43. The van der Waals surface area contributed by atoms with Crippen LogP contribution in [-0.2, 0) is 0 Å². The Kier molecular flexibility index (Phi) is 2.84. The molecule has 4 nitrogen and oxygen atoms in total. The van der Waals surface area contributed by atoms with Gasteiger partial charge in [-0.25, -0.2) is 0 Å². The van der Waals surface area contributed by atoms with Crippen molar-refractivity contribution in [1.82, 2.24) is 15.5 Å². The average Bonchev–Trinajstić information content (AvgIpc) is 2.67. The Hall–Kier alpha value is -0.870. The van der Waals surface area contributed by atoms with Gasteiger partial charge < -0.3 is 10.2 Å². The minimum atomic E-state index is 0.443. The first-order chi connectivity index (χ1) is 6.79. The van der Waals surface area contributed by atoms with Crippen LogP contribution in [0, 0.1) is 0 Å². The van der Waals surface area contributed by atoms with Gasteiger partial charge >= 0.3 is 0 Å². The Morgan fingerprint density at radius 1 is 1.50 bits per heavy atom. The van der Waals surface area contributed by atoms with E-state index in [0.29, 0.717) is 11.2 Å². The third-order valence-corrected chi connectivity index (χ3v) is 2.74. The smallest absolute Gasteiger partial charge is 0.151 e. The highest BCUT2D eigenvalue weighted by Crippen LogP contribution is 2.17. The molecule has 0 bridgehead atoms. The van der Waals surface area contributed by atoms with Gasteiger partial charge in [-0.2, -0.15) is 0 Å². The quantitative estimate of drug-likeness (QED) is 0.792. The first kappa shape index (κ1) is 9.68. The van der Waals surface area contributed by atoms with Crippen molar-refractivity contribution in [3.63, 3.8) is 0 Å². The molecule has 1 fully saturated rings. The molecule has 1 aromatic heterocycles. The summed E-state index contributed by atoms with van der Waals surface area (Å²) in [6.07, 6.45) is 1.15. The van der Waals surface area contributed by atoms with Crippen LogP contribution in [0.15, 0.2) is 12.1 Å². The lowest BCUT2D eigenvalue weighted by Gasteiger charge is -2.16. The maximum atomic E-state index is 5.67. The first-order valence-corrected chi connectivity index (χ1v) is 5.09. The Morgan fingerprint density at radius 3 is 2.93 bits per heavy atom. The molecular formula is C9H13ClN4. The molecule has 2 heterocycles. The second kappa shape index (κ2) is 4.11. The number of anilines is 1. The van der Waals surface area contributed by atoms with E-state index in [0.717, 1.165) is 25.3 Å². The van der Waals surface area contributed by atoms with Crippen molar-refractivity contribution >= 4 is 17.4 Å². The van der Waals surface area contributed by atoms with Gasteiger partial charge in [-0.3, -0.25) is 0 Å². The van der Waals surface area contributed by atoms with E-state index >= 15 is 0 Å². The number of nitrogens with one attached hydrogen (secondary N) is 1. The van der Waals surface area contributed by atoms with Crippen molar-refractivity contribution in [3.8, 4) is 0 Å². The van der Waals surface area contributed by atoms with Crippen molar-refractivity contribution in [2.45, 2.75) is 12.5 Å². The number of hydrogen-bond donors (Lipinski definition) is 1. The van der Waals surface area contributed by atoms with Gasteiger partial charge in [0.05, 0.1) is 0 Å². The summed E-state index contributed by atoms with van der Waals surface area (Å²) >= 11 is 5.67. The normalized spacial score (nSPS) is 21.6. The molecule has 1 aromatic rings. The summed E-state index contributed by atoms with van der Waals surface area (Å²) in [6, 6.07) is 4.25. The lowest BCUT2D eigenvalue weighted by atomic mass is 10.3. The Bertz CT molecular complexity index is 300. The van der Waals surface area contributed by atoms with Crippen LogP contribution in [0.5, 0.6) is 0 Å². The van der Waals surface area contributed by atoms with Gasteiger partial charge in [0.2, 0.25) is 0 Å². The molecule has 1 N–H and O–H groups in total. The molecular weight excluding hydrogens is 200 g/mol. The van der Waals surface area contributed by atoms with E-state index in [1.807, 2.05) is 13.1 Å². The Labute approximate surface area is 88.3 Å². The maximum absolute atomic E-state index is 5.67. The number of rotatable bonds is 2. The molecule has 1 atom stereocenters. The lowest BCUT2D eigenvalue weighted by molar-refractivity contribution is 0.616. The van der Waals surface area contributed by atoms with Gasteiger partial charge in [0, 0.05) is 19.1 Å². The van der Waals surface area contributed by atoms with Gasteiger partial charge in [0.1, 0.15) is 0 Å². The average molecular weight is 213 g/mol. The fourth-order valence-electron chi connectivity index (χ4n) is 1.68. The number of halogens is 1. The molecule has 0 saturated carbocycles. The van der Waals surface area contributed by atoms with Gasteiger partial charge in [-0.1, -0.05) is 11.6 Å². The monoisotopic (exact) mass is 212 g/mol. The van der Waals surface area contributed by atoms with Crippen molar-refractivity contribution < 1.29 is 0 Å². The minimum Gasteiger partial charge on any atom is -0.354 e. The van der Waals surface area contributed by atoms with E-state index in [1.54, 1.807) is 6.07 Å². The molecule has 5 heteroatoms. The SMILES string of the molecule is CNC1CCN(c2ccc(Cl)nn2)C1. The number of hydrogen-bond acceptors (Lipinski definition) is 4. The van der Waals surface area contributed by atoms with Crippen molar-refractivity contribution in [3.05, 3.63) is 17.3 Å². The zero-order valence-electron chi connectivity index (χ0n) is 8.07. The highest BCUT2D eigenvalue weighted by molar-refractivity contribution is 6.29. The summed E-state index contributed by atoms with van der Waals surface area (Å²) < 4.78 is 0. The summed E-state index contributed by atoms with van der Waals surface area (Å²) in [7, 11) is 1.99. The Balaban J connectivity index is 2.06. The number of likely N-dealkylation sites (N-methyl/N-ethyl adjacent to an activating group) is 1. The topological polar surface area (TPSA) is 41.0 Å².